The molecule has 1 amide bonds. The molecule has 1 N–H and O–H groups in total. The largest absolute Gasteiger partial charge is 0.290 e. The van der Waals surface area contributed by atoms with Crippen LogP contribution in [0.2, 0.25) is 0 Å². The topological polar surface area (TPSA) is 59.8 Å². The zero-order valence-corrected chi connectivity index (χ0v) is 6.82. The number of nitrogens with zero attached hydrogens (tertiary/aromatic N) is 3. The van der Waals surface area contributed by atoms with Crippen molar-refractivity contribution in [2.24, 2.45) is 0 Å². The van der Waals surface area contributed by atoms with Crippen molar-refractivity contribution in [1.82, 2.24) is 14.8 Å². The van der Waals surface area contributed by atoms with Crippen molar-refractivity contribution < 1.29 is 4.79 Å². The van der Waals surface area contributed by atoms with Gasteiger partial charge < -0.3 is 0 Å². The van der Waals surface area contributed by atoms with Crippen LogP contribution in [-0.4, -0.2) is 20.7 Å². The summed E-state index contributed by atoms with van der Waals surface area (Å²) in [5.41, 5.74) is 0. The predicted octanol–water partition coefficient (Wildman–Crippen LogP) is 0.422. The SMILES string of the molecule is C=CC(=O)Nc1ncn(CC)n1. The predicted molar refractivity (Wildman–Crippen MR) is 44.5 cm³/mol. The lowest BCUT2D eigenvalue weighted by Crippen LogP contribution is -2.09. The molecule has 0 unspecified atom stereocenters. The second-order valence-corrected chi connectivity index (χ2v) is 2.12. The molecule has 64 valence electrons. The maximum absolute atomic E-state index is 10.8. The molecular weight excluding hydrogens is 156 g/mol. The van der Waals surface area contributed by atoms with E-state index in [2.05, 4.69) is 22.0 Å². The van der Waals surface area contributed by atoms with Gasteiger partial charge in [-0.2, -0.15) is 0 Å². The number of amides is 1. The van der Waals surface area contributed by atoms with Crippen LogP contribution in [0.3, 0.4) is 0 Å². The molecule has 0 saturated carbocycles. The monoisotopic (exact) mass is 166 g/mol. The highest BCUT2D eigenvalue weighted by Crippen LogP contribution is 1.95. The van der Waals surface area contributed by atoms with Crippen LogP contribution in [0.15, 0.2) is 19.0 Å². The third-order valence-corrected chi connectivity index (χ3v) is 1.28. The molecule has 0 bridgehead atoms. The normalized spacial score (nSPS) is 9.42. The van der Waals surface area contributed by atoms with Crippen LogP contribution in [0.5, 0.6) is 0 Å². The van der Waals surface area contributed by atoms with Gasteiger partial charge in [-0.05, 0) is 13.0 Å². The third-order valence-electron chi connectivity index (χ3n) is 1.28. The number of rotatable bonds is 3. The fourth-order valence-electron chi connectivity index (χ4n) is 0.665. The fraction of sp³-hybridized carbons (Fsp3) is 0.286. The van der Waals surface area contributed by atoms with Crippen LogP contribution >= 0.6 is 0 Å². The molecule has 0 spiro atoms. The lowest BCUT2D eigenvalue weighted by molar-refractivity contribution is -0.111. The highest BCUT2D eigenvalue weighted by Gasteiger charge is 2.00. The molecule has 0 aliphatic heterocycles. The molecule has 5 nitrogen and oxygen atoms in total. The van der Waals surface area contributed by atoms with Gasteiger partial charge in [-0.3, -0.25) is 14.8 Å². The van der Waals surface area contributed by atoms with E-state index in [9.17, 15) is 4.79 Å². The first-order valence-corrected chi connectivity index (χ1v) is 3.59. The zero-order valence-electron chi connectivity index (χ0n) is 6.82. The van der Waals surface area contributed by atoms with Crippen molar-refractivity contribution >= 4 is 11.9 Å². The van der Waals surface area contributed by atoms with Crippen molar-refractivity contribution in [1.29, 1.82) is 0 Å². The Bertz CT molecular complexity index is 291. The molecule has 0 saturated heterocycles. The molecule has 1 aromatic heterocycles. The van der Waals surface area contributed by atoms with Crippen LogP contribution in [0.1, 0.15) is 6.92 Å². The minimum atomic E-state index is -0.302. The summed E-state index contributed by atoms with van der Waals surface area (Å²) in [6.45, 7) is 5.98. The van der Waals surface area contributed by atoms with E-state index in [0.717, 1.165) is 6.54 Å². The Morgan fingerprint density at radius 1 is 1.92 bits per heavy atom. The van der Waals surface area contributed by atoms with Crippen LogP contribution < -0.4 is 5.32 Å². The minimum Gasteiger partial charge on any atom is -0.290 e. The molecule has 0 radical (unpaired) electrons. The Labute approximate surface area is 70.1 Å². The van der Waals surface area contributed by atoms with Gasteiger partial charge in [0.05, 0.1) is 0 Å². The smallest absolute Gasteiger partial charge is 0.250 e. The van der Waals surface area contributed by atoms with Gasteiger partial charge in [0, 0.05) is 6.54 Å². The molecular formula is C7H10N4O. The molecule has 12 heavy (non-hydrogen) atoms. The number of anilines is 1. The second-order valence-electron chi connectivity index (χ2n) is 2.12. The standard InChI is InChI=1S/C7H10N4O/c1-3-6(12)9-7-8-5-11(4-2)10-7/h3,5H,1,4H2,2H3,(H,9,10,12). The van der Waals surface area contributed by atoms with Gasteiger partial charge in [-0.15, -0.1) is 5.10 Å². The average Bonchev–Trinajstić information content (AvgIpc) is 2.52. The van der Waals surface area contributed by atoms with Crippen molar-refractivity contribution in [2.75, 3.05) is 5.32 Å². The fourth-order valence-corrected chi connectivity index (χ4v) is 0.665. The second kappa shape index (κ2) is 3.66. The zero-order chi connectivity index (χ0) is 8.97. The first-order valence-electron chi connectivity index (χ1n) is 3.59. The van der Waals surface area contributed by atoms with E-state index in [1.807, 2.05) is 6.92 Å². The summed E-state index contributed by atoms with van der Waals surface area (Å²) in [5.74, 6) is 0.00519. The van der Waals surface area contributed by atoms with E-state index < -0.39 is 0 Å². The van der Waals surface area contributed by atoms with Crippen LogP contribution in [0.4, 0.5) is 5.95 Å². The van der Waals surface area contributed by atoms with E-state index in [-0.39, 0.29) is 5.91 Å². The van der Waals surface area contributed by atoms with E-state index >= 15 is 0 Å². The number of hydrogen-bond donors (Lipinski definition) is 1. The van der Waals surface area contributed by atoms with Crippen molar-refractivity contribution in [3.8, 4) is 0 Å². The summed E-state index contributed by atoms with van der Waals surface area (Å²) in [6.07, 6.45) is 2.73. The van der Waals surface area contributed by atoms with Crippen LogP contribution in [0.25, 0.3) is 0 Å². The first kappa shape index (κ1) is 8.45. The number of aryl methyl sites for hydroxylation is 1. The molecule has 1 aromatic rings. The molecule has 0 aliphatic carbocycles. The van der Waals surface area contributed by atoms with Gasteiger partial charge in [0.25, 0.3) is 0 Å². The number of nitrogens with one attached hydrogen (secondary N) is 1. The summed E-state index contributed by atoms with van der Waals surface area (Å²) in [4.78, 5) is 14.6. The van der Waals surface area contributed by atoms with Crippen LogP contribution in [-0.2, 0) is 11.3 Å². The number of carbonyl (C=O) groups is 1. The van der Waals surface area contributed by atoms with E-state index in [4.69, 9.17) is 0 Å². The highest BCUT2D eigenvalue weighted by atomic mass is 16.1. The van der Waals surface area contributed by atoms with Crippen LogP contribution in [0, 0.1) is 0 Å². The van der Waals surface area contributed by atoms with Gasteiger partial charge in [-0.25, -0.2) is 4.98 Å². The summed E-state index contributed by atoms with van der Waals surface area (Å²) < 4.78 is 1.62. The Balaban J connectivity index is 2.63. The molecule has 1 rings (SSSR count). The van der Waals surface area contributed by atoms with Crippen molar-refractivity contribution in [3.63, 3.8) is 0 Å². The molecule has 5 heteroatoms. The molecule has 1 heterocycles. The Hall–Kier alpha value is -1.65. The third kappa shape index (κ3) is 1.91. The van der Waals surface area contributed by atoms with Gasteiger partial charge in [0.2, 0.25) is 11.9 Å². The van der Waals surface area contributed by atoms with E-state index in [1.54, 1.807) is 11.0 Å². The van der Waals surface area contributed by atoms with E-state index in [1.165, 1.54) is 6.08 Å². The molecule has 0 aliphatic rings. The number of carbonyl (C=O) groups excluding carboxylic acids is 1. The highest BCUT2D eigenvalue weighted by molar-refractivity contribution is 5.97. The molecule has 0 fully saturated rings. The van der Waals surface area contributed by atoms with Crippen molar-refractivity contribution in [3.05, 3.63) is 19.0 Å². The van der Waals surface area contributed by atoms with Gasteiger partial charge in [0.1, 0.15) is 6.33 Å². The molecule has 0 aromatic carbocycles. The maximum atomic E-state index is 10.8. The Kier molecular flexibility index (Phi) is 2.57. The number of aromatic nitrogens is 3. The summed E-state index contributed by atoms with van der Waals surface area (Å²) in [5, 5.41) is 6.39. The van der Waals surface area contributed by atoms with E-state index in [0.29, 0.717) is 5.95 Å². The summed E-state index contributed by atoms with van der Waals surface area (Å²) in [7, 11) is 0. The minimum absolute atomic E-state index is 0.302. The van der Waals surface area contributed by atoms with Gasteiger partial charge >= 0.3 is 0 Å². The quantitative estimate of drug-likeness (QED) is 0.662. The van der Waals surface area contributed by atoms with Crippen molar-refractivity contribution in [2.45, 2.75) is 13.5 Å². The average molecular weight is 166 g/mol. The molecule has 0 atom stereocenters. The summed E-state index contributed by atoms with van der Waals surface area (Å²) in [6, 6.07) is 0. The van der Waals surface area contributed by atoms with Gasteiger partial charge in [-0.1, -0.05) is 6.58 Å². The number of hydrogen-bond acceptors (Lipinski definition) is 3. The maximum Gasteiger partial charge on any atom is 0.250 e. The summed E-state index contributed by atoms with van der Waals surface area (Å²) >= 11 is 0. The lowest BCUT2D eigenvalue weighted by Gasteiger charge is -1.93. The van der Waals surface area contributed by atoms with Gasteiger partial charge in [0.15, 0.2) is 0 Å². The Morgan fingerprint density at radius 2 is 2.67 bits per heavy atom. The first-order chi connectivity index (χ1) is 5.76. The lowest BCUT2D eigenvalue weighted by atomic mass is 10.6. The Morgan fingerprint density at radius 3 is 3.17 bits per heavy atom.